The Morgan fingerprint density at radius 3 is 2.86 bits per heavy atom. The Hall–Kier alpha value is -1.08. The van der Waals surface area contributed by atoms with E-state index in [4.69, 9.17) is 5.73 Å². The molecule has 0 unspecified atom stereocenters. The summed E-state index contributed by atoms with van der Waals surface area (Å²) in [6.45, 7) is 1.89. The highest BCUT2D eigenvalue weighted by atomic mass is 32.2. The molecule has 0 saturated carbocycles. The van der Waals surface area contributed by atoms with Crippen molar-refractivity contribution in [2.75, 3.05) is 5.73 Å². The molecule has 0 atom stereocenters. The van der Waals surface area contributed by atoms with E-state index in [2.05, 4.69) is 14.5 Å². The van der Waals surface area contributed by atoms with Crippen LogP contribution in [0.25, 0.3) is 0 Å². The number of aryl methyl sites for hydroxylation is 2. The molecule has 0 aliphatic heterocycles. The molecule has 14 heavy (non-hydrogen) atoms. The first-order valence-electron chi connectivity index (χ1n) is 3.92. The lowest BCUT2D eigenvalue weighted by atomic mass is 10.4. The molecule has 0 aliphatic rings. The third-order valence-corrected chi connectivity index (χ3v) is 3.63. The second-order valence-corrected chi connectivity index (χ2v) is 4.75. The average Bonchev–Trinajstić information content (AvgIpc) is 2.71. The molecule has 74 valence electrons. The lowest BCUT2D eigenvalue weighted by molar-refractivity contribution is 0.693. The maximum Gasteiger partial charge on any atom is 0.176 e. The molecular weight excluding hydrogens is 218 g/mol. The molecule has 2 N–H and O–H groups in total. The Morgan fingerprint density at radius 2 is 2.36 bits per heavy atom. The van der Waals surface area contributed by atoms with Gasteiger partial charge in [0.15, 0.2) is 4.34 Å². The quantitative estimate of drug-likeness (QED) is 0.837. The maximum absolute atomic E-state index is 5.87. The Kier molecular flexibility index (Phi) is 2.42. The van der Waals surface area contributed by atoms with Crippen LogP contribution in [-0.4, -0.2) is 19.1 Å². The minimum Gasteiger partial charge on any atom is -0.395 e. The standard InChI is InChI=1S/C7H9N5S2/c1-4-5(8)6(12(2)11-4)13-7-9-3-10-14-7/h3H,8H2,1-2H3. The number of aromatic nitrogens is 4. The van der Waals surface area contributed by atoms with Gasteiger partial charge in [0.2, 0.25) is 0 Å². The van der Waals surface area contributed by atoms with Crippen LogP contribution in [0.4, 0.5) is 5.69 Å². The van der Waals surface area contributed by atoms with Gasteiger partial charge in [0.25, 0.3) is 0 Å². The molecule has 0 fully saturated rings. The van der Waals surface area contributed by atoms with Crippen molar-refractivity contribution in [2.45, 2.75) is 16.3 Å². The van der Waals surface area contributed by atoms with E-state index in [1.807, 2.05) is 14.0 Å². The smallest absolute Gasteiger partial charge is 0.176 e. The molecule has 0 radical (unpaired) electrons. The Balaban J connectivity index is 2.33. The van der Waals surface area contributed by atoms with Gasteiger partial charge in [0.05, 0.1) is 11.4 Å². The fraction of sp³-hybridized carbons (Fsp3) is 0.286. The predicted molar refractivity (Wildman–Crippen MR) is 56.4 cm³/mol. The normalized spacial score (nSPS) is 10.7. The molecule has 2 heterocycles. The van der Waals surface area contributed by atoms with E-state index in [0.717, 1.165) is 15.1 Å². The largest absolute Gasteiger partial charge is 0.395 e. The van der Waals surface area contributed by atoms with Crippen molar-refractivity contribution in [1.29, 1.82) is 0 Å². The third-order valence-electron chi connectivity index (χ3n) is 1.74. The summed E-state index contributed by atoms with van der Waals surface area (Å²) >= 11 is 2.84. The Labute approximate surface area is 89.5 Å². The highest BCUT2D eigenvalue weighted by Crippen LogP contribution is 2.33. The second-order valence-electron chi connectivity index (χ2n) is 2.74. The Bertz CT molecular complexity index is 433. The van der Waals surface area contributed by atoms with Gasteiger partial charge in [-0.05, 0) is 30.2 Å². The number of anilines is 1. The summed E-state index contributed by atoms with van der Waals surface area (Å²) in [4.78, 5) is 4.08. The molecule has 0 bridgehead atoms. The van der Waals surface area contributed by atoms with Gasteiger partial charge in [-0.15, -0.1) is 0 Å². The van der Waals surface area contributed by atoms with Gasteiger partial charge >= 0.3 is 0 Å². The van der Waals surface area contributed by atoms with Crippen LogP contribution in [0, 0.1) is 6.92 Å². The lowest BCUT2D eigenvalue weighted by Gasteiger charge is -1.98. The molecule has 0 amide bonds. The van der Waals surface area contributed by atoms with Crippen LogP contribution >= 0.6 is 23.3 Å². The highest BCUT2D eigenvalue weighted by Gasteiger charge is 2.12. The topological polar surface area (TPSA) is 69.6 Å². The molecule has 5 nitrogen and oxygen atoms in total. The number of hydrogen-bond acceptors (Lipinski definition) is 6. The first-order chi connectivity index (χ1) is 6.68. The van der Waals surface area contributed by atoms with Crippen molar-refractivity contribution in [3.8, 4) is 0 Å². The van der Waals surface area contributed by atoms with Gasteiger partial charge in [0.1, 0.15) is 11.4 Å². The van der Waals surface area contributed by atoms with E-state index >= 15 is 0 Å². The van der Waals surface area contributed by atoms with Crippen LogP contribution in [0.5, 0.6) is 0 Å². The summed E-state index contributed by atoms with van der Waals surface area (Å²) in [7, 11) is 1.87. The minimum absolute atomic E-state index is 0.715. The maximum atomic E-state index is 5.87. The SMILES string of the molecule is Cc1nn(C)c(Sc2ncns2)c1N. The van der Waals surface area contributed by atoms with Crippen LogP contribution in [0.15, 0.2) is 15.7 Å². The van der Waals surface area contributed by atoms with Gasteiger partial charge in [-0.25, -0.2) is 4.98 Å². The molecular formula is C7H9N5S2. The van der Waals surface area contributed by atoms with Crippen molar-refractivity contribution < 1.29 is 0 Å². The van der Waals surface area contributed by atoms with E-state index in [9.17, 15) is 0 Å². The van der Waals surface area contributed by atoms with Crippen LogP contribution in [0.2, 0.25) is 0 Å². The zero-order valence-electron chi connectivity index (χ0n) is 7.76. The molecule has 2 aromatic rings. The van der Waals surface area contributed by atoms with Crippen LogP contribution in [-0.2, 0) is 7.05 Å². The van der Waals surface area contributed by atoms with Gasteiger partial charge in [-0.3, -0.25) is 4.68 Å². The van der Waals surface area contributed by atoms with E-state index in [0.29, 0.717) is 5.69 Å². The summed E-state index contributed by atoms with van der Waals surface area (Å²) in [6, 6.07) is 0. The third kappa shape index (κ3) is 1.60. The monoisotopic (exact) mass is 227 g/mol. The molecule has 0 spiro atoms. The van der Waals surface area contributed by atoms with Gasteiger partial charge in [0, 0.05) is 7.05 Å². The van der Waals surface area contributed by atoms with Gasteiger partial charge < -0.3 is 5.73 Å². The minimum atomic E-state index is 0.715. The summed E-state index contributed by atoms with van der Waals surface area (Å²) in [6.07, 6.45) is 1.53. The summed E-state index contributed by atoms with van der Waals surface area (Å²) in [5.74, 6) is 0. The first kappa shape index (κ1) is 9.47. The second kappa shape index (κ2) is 3.58. The van der Waals surface area contributed by atoms with Crippen molar-refractivity contribution in [1.82, 2.24) is 19.1 Å². The fourth-order valence-corrected chi connectivity index (χ4v) is 2.55. The number of nitrogen functional groups attached to an aromatic ring is 1. The van der Waals surface area contributed by atoms with Gasteiger partial charge in [-0.2, -0.15) is 9.47 Å². The summed E-state index contributed by atoms with van der Waals surface area (Å²) in [5, 5.41) is 5.13. The van der Waals surface area contributed by atoms with E-state index in [-0.39, 0.29) is 0 Å². The fourth-order valence-electron chi connectivity index (χ4n) is 1.07. The number of hydrogen-bond donors (Lipinski definition) is 1. The number of nitrogens with two attached hydrogens (primary N) is 1. The summed E-state index contributed by atoms with van der Waals surface area (Å²) in [5.41, 5.74) is 7.43. The summed E-state index contributed by atoms with van der Waals surface area (Å²) < 4.78 is 6.56. The zero-order chi connectivity index (χ0) is 10.1. The van der Waals surface area contributed by atoms with Crippen molar-refractivity contribution in [2.24, 2.45) is 7.05 Å². The van der Waals surface area contributed by atoms with Crippen molar-refractivity contribution >= 4 is 29.0 Å². The van der Waals surface area contributed by atoms with Gasteiger partial charge in [-0.1, -0.05) is 0 Å². The van der Waals surface area contributed by atoms with Crippen molar-refractivity contribution in [3.05, 3.63) is 12.0 Å². The molecule has 0 aliphatic carbocycles. The number of rotatable bonds is 2. The molecule has 2 aromatic heterocycles. The molecule has 0 aromatic carbocycles. The van der Waals surface area contributed by atoms with E-state index in [1.165, 1.54) is 29.6 Å². The first-order valence-corrected chi connectivity index (χ1v) is 5.51. The van der Waals surface area contributed by atoms with Crippen LogP contribution < -0.4 is 5.73 Å². The van der Waals surface area contributed by atoms with Crippen molar-refractivity contribution in [3.63, 3.8) is 0 Å². The average molecular weight is 227 g/mol. The molecule has 2 rings (SSSR count). The number of nitrogens with zero attached hydrogens (tertiary/aromatic N) is 4. The van der Waals surface area contributed by atoms with Crippen LogP contribution in [0.1, 0.15) is 5.69 Å². The zero-order valence-corrected chi connectivity index (χ0v) is 9.39. The molecule has 7 heteroatoms. The lowest BCUT2D eigenvalue weighted by Crippen LogP contribution is -1.93. The van der Waals surface area contributed by atoms with Crippen LogP contribution in [0.3, 0.4) is 0 Å². The predicted octanol–water partition coefficient (Wildman–Crippen LogP) is 1.31. The van der Waals surface area contributed by atoms with E-state index < -0.39 is 0 Å². The Morgan fingerprint density at radius 1 is 1.57 bits per heavy atom. The van der Waals surface area contributed by atoms with E-state index in [1.54, 1.807) is 4.68 Å². The highest BCUT2D eigenvalue weighted by molar-refractivity contribution is 8.01. The molecule has 0 saturated heterocycles.